The number of carbonyl (C=O) groups excluding carboxylic acids is 2. The monoisotopic (exact) mass is 326 g/mol. The number of hydrogen-bond donors (Lipinski definition) is 0. The van der Waals surface area contributed by atoms with Crippen molar-refractivity contribution in [3.05, 3.63) is 65.7 Å². The van der Waals surface area contributed by atoms with Crippen LogP contribution in [-0.4, -0.2) is 44.5 Å². The zero-order valence-corrected chi connectivity index (χ0v) is 14.2. The van der Waals surface area contributed by atoms with Gasteiger partial charge < -0.3 is 14.5 Å². The maximum Gasteiger partial charge on any atom is 0.338 e. The van der Waals surface area contributed by atoms with E-state index in [1.807, 2.05) is 55.4 Å². The number of amides is 1. The van der Waals surface area contributed by atoms with Crippen LogP contribution in [0.5, 0.6) is 0 Å². The van der Waals surface area contributed by atoms with Gasteiger partial charge >= 0.3 is 5.97 Å². The zero-order valence-electron chi connectivity index (χ0n) is 14.2. The number of ether oxygens (including phenoxy) is 1. The third kappa shape index (κ3) is 4.84. The summed E-state index contributed by atoms with van der Waals surface area (Å²) in [7, 11) is 5.48. The minimum Gasteiger partial charge on any atom is -0.452 e. The Hall–Kier alpha value is -2.82. The van der Waals surface area contributed by atoms with Crippen LogP contribution in [0.25, 0.3) is 0 Å². The number of nitrogens with zero attached hydrogens (tertiary/aromatic N) is 2. The molecule has 0 aliphatic heterocycles. The molecule has 2 rings (SSSR count). The standard InChI is InChI=1S/C19H22N2O3/c1-20(2)17-11-7-10-16(12-17)19(23)24-14-18(22)21(3)13-15-8-5-4-6-9-15/h4-12H,13-14H2,1-3H3. The summed E-state index contributed by atoms with van der Waals surface area (Å²) < 4.78 is 5.13. The van der Waals surface area contributed by atoms with Crippen LogP contribution in [0.15, 0.2) is 54.6 Å². The number of benzene rings is 2. The molecule has 0 unspecified atom stereocenters. The zero-order chi connectivity index (χ0) is 17.5. The summed E-state index contributed by atoms with van der Waals surface area (Å²) >= 11 is 0. The lowest BCUT2D eigenvalue weighted by Gasteiger charge is -2.17. The van der Waals surface area contributed by atoms with Crippen LogP contribution in [-0.2, 0) is 16.1 Å². The van der Waals surface area contributed by atoms with Gasteiger partial charge in [-0.25, -0.2) is 4.79 Å². The Morgan fingerprint density at radius 1 is 0.958 bits per heavy atom. The summed E-state index contributed by atoms with van der Waals surface area (Å²) in [6, 6.07) is 16.8. The van der Waals surface area contributed by atoms with E-state index < -0.39 is 5.97 Å². The average Bonchev–Trinajstić information content (AvgIpc) is 2.60. The Balaban J connectivity index is 1.89. The Bertz CT molecular complexity index is 699. The molecule has 1 amide bonds. The van der Waals surface area contributed by atoms with E-state index in [4.69, 9.17) is 4.74 Å². The lowest BCUT2D eigenvalue weighted by atomic mass is 10.2. The molecule has 5 heteroatoms. The molecule has 5 nitrogen and oxygen atoms in total. The summed E-state index contributed by atoms with van der Waals surface area (Å²) in [5.74, 6) is -0.740. The van der Waals surface area contributed by atoms with Gasteiger partial charge in [-0.2, -0.15) is 0 Å². The molecular weight excluding hydrogens is 304 g/mol. The molecule has 0 saturated heterocycles. The maximum absolute atomic E-state index is 12.1. The summed E-state index contributed by atoms with van der Waals surface area (Å²) in [4.78, 5) is 27.6. The molecule has 24 heavy (non-hydrogen) atoms. The normalized spacial score (nSPS) is 10.1. The van der Waals surface area contributed by atoms with Crippen molar-refractivity contribution in [2.45, 2.75) is 6.54 Å². The van der Waals surface area contributed by atoms with Crippen molar-refractivity contribution in [2.24, 2.45) is 0 Å². The Morgan fingerprint density at radius 2 is 1.67 bits per heavy atom. The number of carbonyl (C=O) groups is 2. The molecule has 0 radical (unpaired) electrons. The molecule has 0 N–H and O–H groups in total. The highest BCUT2D eigenvalue weighted by Gasteiger charge is 2.14. The molecule has 0 atom stereocenters. The second-order valence-electron chi connectivity index (χ2n) is 5.76. The minimum atomic E-state index is -0.500. The molecule has 0 saturated carbocycles. The third-order valence-electron chi connectivity index (χ3n) is 3.61. The summed E-state index contributed by atoms with van der Waals surface area (Å²) in [6.07, 6.45) is 0. The summed E-state index contributed by atoms with van der Waals surface area (Å²) in [6.45, 7) is 0.210. The van der Waals surface area contributed by atoms with Crippen LogP contribution in [0.3, 0.4) is 0 Å². The molecule has 0 fully saturated rings. The number of likely N-dealkylation sites (N-methyl/N-ethyl adjacent to an activating group) is 1. The van der Waals surface area contributed by atoms with Gasteiger partial charge in [0.1, 0.15) is 0 Å². The van der Waals surface area contributed by atoms with Gasteiger partial charge in [0.15, 0.2) is 6.61 Å². The van der Waals surface area contributed by atoms with Crippen LogP contribution in [0.4, 0.5) is 5.69 Å². The fourth-order valence-corrected chi connectivity index (χ4v) is 2.18. The Kier molecular flexibility index (Phi) is 5.95. The average molecular weight is 326 g/mol. The van der Waals surface area contributed by atoms with E-state index in [1.54, 1.807) is 30.1 Å². The molecule has 0 aliphatic carbocycles. The van der Waals surface area contributed by atoms with Crippen molar-refractivity contribution in [2.75, 3.05) is 32.6 Å². The van der Waals surface area contributed by atoms with Gasteiger partial charge in [-0.05, 0) is 23.8 Å². The molecule has 0 aromatic heterocycles. The second-order valence-corrected chi connectivity index (χ2v) is 5.76. The van der Waals surface area contributed by atoms with E-state index in [9.17, 15) is 9.59 Å². The number of hydrogen-bond acceptors (Lipinski definition) is 4. The predicted molar refractivity (Wildman–Crippen MR) is 94.0 cm³/mol. The first-order chi connectivity index (χ1) is 11.5. The third-order valence-corrected chi connectivity index (χ3v) is 3.61. The van der Waals surface area contributed by atoms with Gasteiger partial charge in [-0.3, -0.25) is 4.79 Å². The molecule has 0 spiro atoms. The first kappa shape index (κ1) is 17.5. The van der Waals surface area contributed by atoms with Gasteiger partial charge in [0.05, 0.1) is 5.56 Å². The quantitative estimate of drug-likeness (QED) is 0.766. The number of anilines is 1. The van der Waals surface area contributed by atoms with Crippen LogP contribution < -0.4 is 4.90 Å². The Morgan fingerprint density at radius 3 is 2.33 bits per heavy atom. The lowest BCUT2D eigenvalue weighted by Crippen LogP contribution is -2.30. The van der Waals surface area contributed by atoms with Crippen LogP contribution in [0.2, 0.25) is 0 Å². The molecule has 2 aromatic rings. The van der Waals surface area contributed by atoms with Crippen molar-refractivity contribution in [1.82, 2.24) is 4.90 Å². The largest absolute Gasteiger partial charge is 0.452 e. The second kappa shape index (κ2) is 8.15. The van der Waals surface area contributed by atoms with Crippen molar-refractivity contribution in [3.8, 4) is 0 Å². The highest BCUT2D eigenvalue weighted by Crippen LogP contribution is 2.14. The van der Waals surface area contributed by atoms with Crippen LogP contribution >= 0.6 is 0 Å². The highest BCUT2D eigenvalue weighted by atomic mass is 16.5. The first-order valence-corrected chi connectivity index (χ1v) is 7.70. The molecule has 126 valence electrons. The van der Waals surface area contributed by atoms with E-state index in [0.717, 1.165) is 11.3 Å². The fraction of sp³-hybridized carbons (Fsp3) is 0.263. The van der Waals surface area contributed by atoms with Crippen molar-refractivity contribution >= 4 is 17.6 Å². The molecule has 0 bridgehead atoms. The SMILES string of the molecule is CN(Cc1ccccc1)C(=O)COC(=O)c1cccc(N(C)C)c1. The minimum absolute atomic E-state index is 0.240. The number of rotatable bonds is 6. The Labute approximate surface area is 142 Å². The van der Waals surface area contributed by atoms with Crippen LogP contribution in [0, 0.1) is 0 Å². The smallest absolute Gasteiger partial charge is 0.338 e. The maximum atomic E-state index is 12.1. The van der Waals surface area contributed by atoms with E-state index in [-0.39, 0.29) is 12.5 Å². The van der Waals surface area contributed by atoms with Crippen molar-refractivity contribution in [3.63, 3.8) is 0 Å². The predicted octanol–water partition coefficient (Wildman–Crippen LogP) is 2.57. The van der Waals surface area contributed by atoms with Crippen molar-refractivity contribution in [1.29, 1.82) is 0 Å². The molecule has 0 aliphatic rings. The van der Waals surface area contributed by atoms with Gasteiger partial charge in [-0.15, -0.1) is 0 Å². The molecular formula is C19H22N2O3. The first-order valence-electron chi connectivity index (χ1n) is 7.70. The summed E-state index contributed by atoms with van der Waals surface area (Å²) in [5.41, 5.74) is 2.36. The summed E-state index contributed by atoms with van der Waals surface area (Å²) in [5, 5.41) is 0. The van der Waals surface area contributed by atoms with E-state index in [1.165, 1.54) is 0 Å². The van der Waals surface area contributed by atoms with E-state index >= 15 is 0 Å². The molecule has 0 heterocycles. The fourth-order valence-electron chi connectivity index (χ4n) is 2.18. The van der Waals surface area contributed by atoms with Gasteiger partial charge in [0.25, 0.3) is 5.91 Å². The van der Waals surface area contributed by atoms with E-state index in [0.29, 0.717) is 12.1 Å². The van der Waals surface area contributed by atoms with Gasteiger partial charge in [0, 0.05) is 33.4 Å². The number of esters is 1. The van der Waals surface area contributed by atoms with Crippen molar-refractivity contribution < 1.29 is 14.3 Å². The topological polar surface area (TPSA) is 49.9 Å². The highest BCUT2D eigenvalue weighted by molar-refractivity contribution is 5.92. The molecule has 2 aromatic carbocycles. The van der Waals surface area contributed by atoms with Gasteiger partial charge in [-0.1, -0.05) is 36.4 Å². The van der Waals surface area contributed by atoms with Gasteiger partial charge in [0.2, 0.25) is 0 Å². The van der Waals surface area contributed by atoms with E-state index in [2.05, 4.69) is 0 Å². The van der Waals surface area contributed by atoms with Crippen LogP contribution in [0.1, 0.15) is 15.9 Å². The lowest BCUT2D eigenvalue weighted by molar-refractivity contribution is -0.133.